The number of aromatic nitrogens is 1. The van der Waals surface area contributed by atoms with E-state index in [1.54, 1.807) is 24.4 Å². The second-order valence-corrected chi connectivity index (χ2v) is 5.82. The molecule has 0 aliphatic carbocycles. The van der Waals surface area contributed by atoms with E-state index >= 15 is 0 Å². The van der Waals surface area contributed by atoms with Gasteiger partial charge in [0.2, 0.25) is 0 Å². The minimum atomic E-state index is -0.443. The first-order valence-corrected chi connectivity index (χ1v) is 7.33. The number of carbonyl (C=O) groups is 1. The highest BCUT2D eigenvalue weighted by atomic mass is 79.9. The number of hydrogen-bond donors (Lipinski definition) is 1. The van der Waals surface area contributed by atoms with Gasteiger partial charge in [-0.05, 0) is 34.1 Å². The Morgan fingerprint density at radius 2 is 2.29 bits per heavy atom. The molecule has 5 nitrogen and oxygen atoms in total. The summed E-state index contributed by atoms with van der Waals surface area (Å²) in [5.74, 6) is 0.229. The van der Waals surface area contributed by atoms with Gasteiger partial charge in [0.25, 0.3) is 0 Å². The first-order valence-electron chi connectivity index (χ1n) is 6.16. The van der Waals surface area contributed by atoms with Crippen LogP contribution in [0.4, 0.5) is 0 Å². The minimum Gasteiger partial charge on any atom is -0.467 e. The number of halogens is 2. The molecule has 0 atom stereocenters. The van der Waals surface area contributed by atoms with Crippen molar-refractivity contribution in [2.45, 2.75) is 13.2 Å². The fraction of sp³-hybridized carbons (Fsp3) is 0.214. The number of fused-ring (bicyclic) bond motifs is 1. The summed E-state index contributed by atoms with van der Waals surface area (Å²) in [6, 6.07) is 5.16. The molecule has 2 aromatic rings. The quantitative estimate of drug-likeness (QED) is 0.836. The average Bonchev–Trinajstić information content (AvgIpc) is 2.91. The zero-order chi connectivity index (χ0) is 14.8. The molecule has 3 rings (SSSR count). The Morgan fingerprint density at radius 1 is 1.43 bits per heavy atom. The number of nitrogens with one attached hydrogen (secondary N) is 1. The summed E-state index contributed by atoms with van der Waals surface area (Å²) in [4.78, 5) is 14.7. The third-order valence-corrected chi connectivity index (χ3v) is 3.65. The molecular weight excluding hydrogens is 362 g/mol. The Balaban J connectivity index is 1.76. The van der Waals surface area contributed by atoms with Crippen LogP contribution in [-0.4, -0.2) is 17.7 Å². The number of hydrogen-bond acceptors (Lipinski definition) is 4. The summed E-state index contributed by atoms with van der Waals surface area (Å²) in [5, 5.41) is 0.552. The average molecular weight is 373 g/mol. The summed E-state index contributed by atoms with van der Waals surface area (Å²) in [6.07, 6.45) is 1.66. The van der Waals surface area contributed by atoms with E-state index in [2.05, 4.69) is 20.9 Å². The maximum atomic E-state index is 11.9. The lowest BCUT2D eigenvalue weighted by Crippen LogP contribution is -2.14. The van der Waals surface area contributed by atoms with Crippen molar-refractivity contribution in [3.8, 4) is 5.75 Å². The molecule has 2 heterocycles. The Labute approximate surface area is 134 Å². The van der Waals surface area contributed by atoms with Crippen molar-refractivity contribution in [2.24, 2.45) is 0 Å². The molecule has 0 radical (unpaired) electrons. The Kier molecular flexibility index (Phi) is 4.19. The van der Waals surface area contributed by atoms with E-state index < -0.39 is 5.97 Å². The zero-order valence-electron chi connectivity index (χ0n) is 10.8. The molecule has 0 spiro atoms. The summed E-state index contributed by atoms with van der Waals surface area (Å²) >= 11 is 9.32. The van der Waals surface area contributed by atoms with Crippen molar-refractivity contribution in [2.75, 3.05) is 6.79 Å². The van der Waals surface area contributed by atoms with Crippen LogP contribution in [0.15, 0.2) is 28.9 Å². The van der Waals surface area contributed by atoms with Crippen molar-refractivity contribution in [1.29, 1.82) is 0 Å². The van der Waals surface area contributed by atoms with Crippen LogP contribution in [0, 0.1) is 0 Å². The van der Waals surface area contributed by atoms with Crippen LogP contribution >= 0.6 is 27.5 Å². The molecule has 0 fully saturated rings. The highest BCUT2D eigenvalue weighted by molar-refractivity contribution is 9.10. The molecule has 0 unspecified atom stereocenters. The van der Waals surface area contributed by atoms with Crippen LogP contribution in [0.1, 0.15) is 21.6 Å². The van der Waals surface area contributed by atoms with Crippen LogP contribution in [0.2, 0.25) is 5.02 Å². The Bertz CT molecular complexity index is 686. The van der Waals surface area contributed by atoms with Crippen LogP contribution in [0.25, 0.3) is 0 Å². The molecule has 0 bridgehead atoms. The number of esters is 1. The molecule has 1 aliphatic heterocycles. The van der Waals surface area contributed by atoms with Crippen molar-refractivity contribution in [3.63, 3.8) is 0 Å². The molecule has 1 N–H and O–H groups in total. The van der Waals surface area contributed by atoms with Gasteiger partial charge in [-0.2, -0.15) is 0 Å². The standard InChI is InChI=1S/C14H11BrClNO4/c15-10-3-12(17-4-10)14(18)20-6-9-2-11(16)1-8-5-19-7-21-13(8)9/h1-4,17H,5-7H2. The largest absolute Gasteiger partial charge is 0.467 e. The van der Waals surface area contributed by atoms with E-state index in [1.165, 1.54) is 0 Å². The molecule has 21 heavy (non-hydrogen) atoms. The summed E-state index contributed by atoms with van der Waals surface area (Å²) < 4.78 is 16.7. The molecule has 0 amide bonds. The van der Waals surface area contributed by atoms with E-state index in [9.17, 15) is 4.79 Å². The molecule has 1 aromatic carbocycles. The van der Waals surface area contributed by atoms with Crippen LogP contribution in [0.5, 0.6) is 5.75 Å². The van der Waals surface area contributed by atoms with Crippen molar-refractivity contribution in [1.82, 2.24) is 4.98 Å². The Morgan fingerprint density at radius 3 is 3.05 bits per heavy atom. The predicted octanol–water partition coefficient (Wildman–Crippen LogP) is 3.65. The van der Waals surface area contributed by atoms with Crippen molar-refractivity contribution >= 4 is 33.5 Å². The third-order valence-electron chi connectivity index (χ3n) is 2.98. The molecule has 1 aromatic heterocycles. The minimum absolute atomic E-state index is 0.0817. The summed E-state index contributed by atoms with van der Waals surface area (Å²) in [5.41, 5.74) is 1.95. The number of ether oxygens (including phenoxy) is 3. The first kappa shape index (κ1) is 14.4. The van der Waals surface area contributed by atoms with Gasteiger partial charge < -0.3 is 19.2 Å². The molecular formula is C14H11BrClNO4. The second kappa shape index (κ2) is 6.09. The van der Waals surface area contributed by atoms with E-state index in [4.69, 9.17) is 25.8 Å². The van der Waals surface area contributed by atoms with Gasteiger partial charge in [0, 0.05) is 26.8 Å². The van der Waals surface area contributed by atoms with Crippen LogP contribution in [-0.2, 0) is 22.7 Å². The van der Waals surface area contributed by atoms with Gasteiger partial charge in [-0.15, -0.1) is 0 Å². The number of rotatable bonds is 3. The molecule has 1 aliphatic rings. The molecule has 0 saturated heterocycles. The lowest BCUT2D eigenvalue weighted by atomic mass is 10.1. The van der Waals surface area contributed by atoms with Crippen molar-refractivity contribution in [3.05, 3.63) is 50.7 Å². The molecule has 0 saturated carbocycles. The van der Waals surface area contributed by atoms with E-state index in [1.807, 2.05) is 0 Å². The van der Waals surface area contributed by atoms with E-state index in [0.29, 0.717) is 23.1 Å². The zero-order valence-corrected chi connectivity index (χ0v) is 13.2. The monoisotopic (exact) mass is 371 g/mol. The van der Waals surface area contributed by atoms with Gasteiger partial charge in [-0.3, -0.25) is 0 Å². The molecule has 7 heteroatoms. The smallest absolute Gasteiger partial charge is 0.355 e. The normalized spacial score (nSPS) is 13.4. The maximum Gasteiger partial charge on any atom is 0.355 e. The Hall–Kier alpha value is -1.50. The van der Waals surface area contributed by atoms with Gasteiger partial charge in [-0.25, -0.2) is 4.79 Å². The number of aromatic amines is 1. The number of carbonyl (C=O) groups excluding carboxylic acids is 1. The number of benzene rings is 1. The van der Waals surface area contributed by atoms with Crippen molar-refractivity contribution < 1.29 is 19.0 Å². The van der Waals surface area contributed by atoms with Gasteiger partial charge in [0.05, 0.1) is 6.61 Å². The van der Waals surface area contributed by atoms with Gasteiger partial charge in [0.15, 0.2) is 6.79 Å². The van der Waals surface area contributed by atoms with Gasteiger partial charge in [0.1, 0.15) is 18.1 Å². The van der Waals surface area contributed by atoms with E-state index in [0.717, 1.165) is 15.6 Å². The lowest BCUT2D eigenvalue weighted by Gasteiger charge is -2.21. The fourth-order valence-corrected chi connectivity index (χ4v) is 2.68. The van der Waals surface area contributed by atoms with Crippen LogP contribution < -0.4 is 4.74 Å². The fourth-order valence-electron chi connectivity index (χ4n) is 2.07. The highest BCUT2D eigenvalue weighted by Gasteiger charge is 2.18. The van der Waals surface area contributed by atoms with Gasteiger partial charge in [-0.1, -0.05) is 11.6 Å². The summed E-state index contributed by atoms with van der Waals surface area (Å²) in [7, 11) is 0. The topological polar surface area (TPSA) is 60.6 Å². The summed E-state index contributed by atoms with van der Waals surface area (Å²) in [6.45, 7) is 0.692. The second-order valence-electron chi connectivity index (χ2n) is 4.47. The number of H-pyrrole nitrogens is 1. The lowest BCUT2D eigenvalue weighted by molar-refractivity contribution is -0.0180. The van der Waals surface area contributed by atoms with E-state index in [-0.39, 0.29) is 13.4 Å². The first-order chi connectivity index (χ1) is 10.1. The SMILES string of the molecule is O=C(OCc1cc(Cl)cc2c1OCOC2)c1cc(Br)c[nH]1. The highest BCUT2D eigenvalue weighted by Crippen LogP contribution is 2.32. The van der Waals surface area contributed by atoms with Crippen LogP contribution in [0.3, 0.4) is 0 Å². The molecule has 110 valence electrons. The van der Waals surface area contributed by atoms with Gasteiger partial charge >= 0.3 is 5.97 Å². The predicted molar refractivity (Wildman–Crippen MR) is 79.3 cm³/mol. The third kappa shape index (κ3) is 3.23. The maximum absolute atomic E-state index is 11.9.